The third-order valence-corrected chi connectivity index (χ3v) is 7.23. The van der Waals surface area contributed by atoms with E-state index in [2.05, 4.69) is 31.7 Å². The van der Waals surface area contributed by atoms with Crippen molar-refractivity contribution in [1.82, 2.24) is 14.6 Å². The molecule has 202 valence electrons. The number of carbonyl (C=O) groups excluding carboxylic acids is 1. The first kappa shape index (κ1) is 26.6. The van der Waals surface area contributed by atoms with E-state index >= 15 is 0 Å². The van der Waals surface area contributed by atoms with Gasteiger partial charge in [0.15, 0.2) is 5.65 Å². The van der Waals surface area contributed by atoms with E-state index in [0.29, 0.717) is 40.0 Å². The monoisotopic (exact) mass is 623 g/mol. The van der Waals surface area contributed by atoms with Gasteiger partial charge in [-0.05, 0) is 70.0 Å². The number of rotatable bonds is 8. The highest BCUT2D eigenvalue weighted by molar-refractivity contribution is 9.10. The quantitative estimate of drug-likeness (QED) is 0.178. The summed E-state index contributed by atoms with van der Waals surface area (Å²) in [5, 5.41) is 11.5. The van der Waals surface area contributed by atoms with Gasteiger partial charge in [-0.25, -0.2) is 4.98 Å². The van der Waals surface area contributed by atoms with Crippen LogP contribution in [0.4, 0.5) is 11.5 Å². The molecule has 0 radical (unpaired) electrons. The zero-order valence-electron chi connectivity index (χ0n) is 21.6. The van der Waals surface area contributed by atoms with Gasteiger partial charge in [0.1, 0.15) is 17.3 Å². The standard InChI is InChI=1S/C32H23BrClN5O2/c33-27-20-36-39-30(18-29(38-31(27)39)26-11-4-5-12-28(26)34)35-19-21-13-15-23(16-14-21)37-32(40)22-7-6-10-25(17-22)41-24-8-2-1-3-9-24/h1-18,20,35H,19H2,(H,37,40). The Morgan fingerprint density at radius 1 is 0.878 bits per heavy atom. The summed E-state index contributed by atoms with van der Waals surface area (Å²) in [4.78, 5) is 17.7. The molecule has 0 aliphatic heterocycles. The maximum absolute atomic E-state index is 12.9. The Balaban J connectivity index is 1.14. The van der Waals surface area contributed by atoms with Crippen LogP contribution in [-0.2, 0) is 6.54 Å². The molecule has 0 saturated heterocycles. The normalized spacial score (nSPS) is 10.9. The number of halogens is 2. The largest absolute Gasteiger partial charge is 0.457 e. The number of amides is 1. The van der Waals surface area contributed by atoms with Crippen molar-refractivity contribution < 1.29 is 9.53 Å². The van der Waals surface area contributed by atoms with Crippen LogP contribution >= 0.6 is 27.5 Å². The average Bonchev–Trinajstić information content (AvgIpc) is 3.38. The molecule has 6 aromatic rings. The maximum Gasteiger partial charge on any atom is 0.255 e. The predicted molar refractivity (Wildman–Crippen MR) is 166 cm³/mol. The molecule has 9 heteroatoms. The van der Waals surface area contributed by atoms with Gasteiger partial charge in [0.2, 0.25) is 0 Å². The number of hydrogen-bond acceptors (Lipinski definition) is 5. The van der Waals surface area contributed by atoms with Gasteiger partial charge in [-0.3, -0.25) is 4.79 Å². The van der Waals surface area contributed by atoms with Gasteiger partial charge in [-0.2, -0.15) is 9.61 Å². The summed E-state index contributed by atoms with van der Waals surface area (Å²) >= 11 is 9.99. The number of nitrogens with one attached hydrogen (secondary N) is 2. The minimum atomic E-state index is -0.218. The highest BCUT2D eigenvalue weighted by Gasteiger charge is 2.13. The lowest BCUT2D eigenvalue weighted by molar-refractivity contribution is 0.102. The summed E-state index contributed by atoms with van der Waals surface area (Å²) < 4.78 is 8.39. The summed E-state index contributed by atoms with van der Waals surface area (Å²) in [5.74, 6) is 1.86. The van der Waals surface area contributed by atoms with E-state index in [1.807, 2.05) is 91.0 Å². The molecule has 0 fully saturated rings. The van der Waals surface area contributed by atoms with Crippen molar-refractivity contribution in [2.24, 2.45) is 0 Å². The summed E-state index contributed by atoms with van der Waals surface area (Å²) in [6, 6.07) is 33.8. The zero-order valence-corrected chi connectivity index (χ0v) is 23.9. The summed E-state index contributed by atoms with van der Waals surface area (Å²) in [6.45, 7) is 0.533. The molecule has 0 aliphatic rings. The zero-order chi connectivity index (χ0) is 28.2. The molecule has 2 aromatic heterocycles. The van der Waals surface area contributed by atoms with Gasteiger partial charge in [0, 0.05) is 34.4 Å². The number of carbonyl (C=O) groups is 1. The van der Waals surface area contributed by atoms with Gasteiger partial charge in [-0.15, -0.1) is 0 Å². The third kappa shape index (κ3) is 6.09. The molecule has 0 unspecified atom stereocenters. The molecule has 6 rings (SSSR count). The topological polar surface area (TPSA) is 80.5 Å². The van der Waals surface area contributed by atoms with Crippen molar-refractivity contribution in [1.29, 1.82) is 0 Å². The fraction of sp³-hybridized carbons (Fsp3) is 0.0312. The van der Waals surface area contributed by atoms with Crippen LogP contribution < -0.4 is 15.4 Å². The predicted octanol–water partition coefficient (Wildman–Crippen LogP) is 8.47. The highest BCUT2D eigenvalue weighted by atomic mass is 79.9. The molecule has 0 bridgehead atoms. The van der Waals surface area contributed by atoms with Gasteiger partial charge in [-0.1, -0.05) is 66.2 Å². The van der Waals surface area contributed by atoms with Crippen molar-refractivity contribution >= 4 is 50.6 Å². The Morgan fingerprint density at radius 2 is 1.63 bits per heavy atom. The average molecular weight is 625 g/mol. The molecule has 2 heterocycles. The summed E-state index contributed by atoms with van der Waals surface area (Å²) in [7, 11) is 0. The van der Waals surface area contributed by atoms with Gasteiger partial charge >= 0.3 is 0 Å². The lowest BCUT2D eigenvalue weighted by atomic mass is 10.1. The number of anilines is 2. The molecule has 1 amide bonds. The van der Waals surface area contributed by atoms with Crippen molar-refractivity contribution in [3.8, 4) is 22.8 Å². The molecule has 0 spiro atoms. The van der Waals surface area contributed by atoms with E-state index < -0.39 is 0 Å². The molecular weight excluding hydrogens is 602 g/mol. The van der Waals surface area contributed by atoms with Crippen LogP contribution in [-0.4, -0.2) is 20.5 Å². The van der Waals surface area contributed by atoms with Crippen LogP contribution in [0.2, 0.25) is 5.02 Å². The number of hydrogen-bond donors (Lipinski definition) is 2. The second-order valence-electron chi connectivity index (χ2n) is 9.18. The smallest absolute Gasteiger partial charge is 0.255 e. The Hall–Kier alpha value is -4.66. The molecule has 0 aliphatic carbocycles. The minimum Gasteiger partial charge on any atom is -0.457 e. The first-order chi connectivity index (χ1) is 20.0. The first-order valence-corrected chi connectivity index (χ1v) is 14.0. The fourth-order valence-electron chi connectivity index (χ4n) is 4.30. The van der Waals surface area contributed by atoms with E-state index in [1.54, 1.807) is 28.9 Å². The molecule has 2 N–H and O–H groups in total. The molecule has 0 atom stereocenters. The molecule has 7 nitrogen and oxygen atoms in total. The van der Waals surface area contributed by atoms with Crippen LogP contribution in [0.3, 0.4) is 0 Å². The van der Waals surface area contributed by atoms with Crippen molar-refractivity contribution in [3.63, 3.8) is 0 Å². The van der Waals surface area contributed by atoms with E-state index in [0.717, 1.165) is 27.1 Å². The summed E-state index contributed by atoms with van der Waals surface area (Å²) in [6.07, 6.45) is 1.71. The SMILES string of the molecule is O=C(Nc1ccc(CNc2cc(-c3ccccc3Cl)nc3c(Br)cnn23)cc1)c1cccc(Oc2ccccc2)c1. The molecule has 41 heavy (non-hydrogen) atoms. The van der Waals surface area contributed by atoms with Crippen LogP contribution in [0, 0.1) is 0 Å². The molecule has 0 saturated carbocycles. The third-order valence-electron chi connectivity index (χ3n) is 6.34. The fourth-order valence-corrected chi connectivity index (χ4v) is 4.88. The van der Waals surface area contributed by atoms with Gasteiger partial charge in [0.05, 0.1) is 16.4 Å². The Labute approximate surface area is 249 Å². The number of aromatic nitrogens is 3. The van der Waals surface area contributed by atoms with Crippen molar-refractivity contribution in [2.45, 2.75) is 6.54 Å². The van der Waals surface area contributed by atoms with Crippen LogP contribution in [0.1, 0.15) is 15.9 Å². The molecular formula is C32H23BrClN5O2. The number of para-hydroxylation sites is 1. The lowest BCUT2D eigenvalue weighted by Crippen LogP contribution is -2.12. The first-order valence-electron chi connectivity index (χ1n) is 12.8. The van der Waals surface area contributed by atoms with E-state index in [9.17, 15) is 4.79 Å². The highest BCUT2D eigenvalue weighted by Crippen LogP contribution is 2.30. The number of nitrogens with zero attached hydrogens (tertiary/aromatic N) is 3. The summed E-state index contributed by atoms with van der Waals surface area (Å²) in [5.41, 5.74) is 4.48. The molecule has 4 aromatic carbocycles. The Kier molecular flexibility index (Phi) is 7.67. The minimum absolute atomic E-state index is 0.218. The van der Waals surface area contributed by atoms with Crippen LogP contribution in [0.5, 0.6) is 11.5 Å². The lowest BCUT2D eigenvalue weighted by Gasteiger charge is -2.12. The second-order valence-corrected chi connectivity index (χ2v) is 10.4. The van der Waals surface area contributed by atoms with Crippen molar-refractivity contribution in [2.75, 3.05) is 10.6 Å². The van der Waals surface area contributed by atoms with E-state index in [4.69, 9.17) is 21.3 Å². The van der Waals surface area contributed by atoms with Crippen LogP contribution in [0.15, 0.2) is 120 Å². The number of fused-ring (bicyclic) bond motifs is 1. The second kappa shape index (κ2) is 11.8. The maximum atomic E-state index is 12.9. The Morgan fingerprint density at radius 3 is 2.44 bits per heavy atom. The number of benzene rings is 4. The van der Waals surface area contributed by atoms with Gasteiger partial charge < -0.3 is 15.4 Å². The number of ether oxygens (including phenoxy) is 1. The van der Waals surface area contributed by atoms with Crippen LogP contribution in [0.25, 0.3) is 16.9 Å². The van der Waals surface area contributed by atoms with E-state index in [1.165, 1.54) is 0 Å². The van der Waals surface area contributed by atoms with E-state index in [-0.39, 0.29) is 5.91 Å². The Bertz CT molecular complexity index is 1840. The van der Waals surface area contributed by atoms with Crippen molar-refractivity contribution in [3.05, 3.63) is 136 Å². The van der Waals surface area contributed by atoms with Gasteiger partial charge in [0.25, 0.3) is 5.91 Å².